The number of amides is 2. The highest BCUT2D eigenvalue weighted by molar-refractivity contribution is 6.30. The highest BCUT2D eigenvalue weighted by Gasteiger charge is 2.69. The quantitative estimate of drug-likeness (QED) is 0.603. The minimum absolute atomic E-state index is 0.0114. The maximum Gasteiger partial charge on any atom is 0.258 e. The first-order chi connectivity index (χ1) is 15.3. The van der Waals surface area contributed by atoms with E-state index in [4.69, 9.17) is 26.3 Å². The molecule has 0 saturated heterocycles. The minimum atomic E-state index is -0.609. The number of carbonyl (C=O) groups excluding carboxylic acids is 2. The number of nitrogens with one attached hydrogen (secondary N) is 2. The molecule has 3 saturated carbocycles. The lowest BCUT2D eigenvalue weighted by Crippen LogP contribution is -2.84. The van der Waals surface area contributed by atoms with Crippen LogP contribution in [0.15, 0.2) is 42.5 Å². The fourth-order valence-corrected chi connectivity index (χ4v) is 4.49. The van der Waals surface area contributed by atoms with Crippen molar-refractivity contribution in [2.45, 2.75) is 36.9 Å². The fraction of sp³-hybridized carbons (Fsp3) is 0.348. The molecular formula is C23H21ClFN3O4. The predicted molar refractivity (Wildman–Crippen MR) is 113 cm³/mol. The van der Waals surface area contributed by atoms with Crippen LogP contribution in [0.25, 0.3) is 0 Å². The van der Waals surface area contributed by atoms with E-state index in [-0.39, 0.29) is 53.5 Å². The van der Waals surface area contributed by atoms with E-state index in [1.807, 2.05) is 6.07 Å². The van der Waals surface area contributed by atoms with Crippen molar-refractivity contribution in [2.24, 2.45) is 0 Å². The van der Waals surface area contributed by atoms with Crippen LogP contribution >= 0.6 is 11.6 Å². The zero-order valence-corrected chi connectivity index (χ0v) is 17.9. The zero-order chi connectivity index (χ0) is 22.8. The van der Waals surface area contributed by atoms with E-state index in [0.29, 0.717) is 24.8 Å². The van der Waals surface area contributed by atoms with Crippen molar-refractivity contribution in [3.05, 3.63) is 64.4 Å². The molecule has 166 valence electrons. The van der Waals surface area contributed by atoms with Gasteiger partial charge in [0.05, 0.1) is 23.3 Å². The van der Waals surface area contributed by atoms with Crippen LogP contribution in [0.2, 0.25) is 5.02 Å². The number of nitriles is 1. The summed E-state index contributed by atoms with van der Waals surface area (Å²) in [6.45, 7) is -0.0123. The zero-order valence-electron chi connectivity index (χ0n) is 17.1. The molecule has 2 aromatic carbocycles. The van der Waals surface area contributed by atoms with E-state index < -0.39 is 5.82 Å². The second-order valence-electron chi connectivity index (χ2n) is 8.35. The normalized spacial score (nSPS) is 22.7. The van der Waals surface area contributed by atoms with Gasteiger partial charge in [-0.1, -0.05) is 23.7 Å². The summed E-state index contributed by atoms with van der Waals surface area (Å²) in [5, 5.41) is 14.7. The number of hydrogen-bond acceptors (Lipinski definition) is 5. The third kappa shape index (κ3) is 4.85. The number of hydrogen-bond donors (Lipinski definition) is 2. The average molecular weight is 458 g/mol. The maximum absolute atomic E-state index is 13.4. The molecule has 7 nitrogen and oxygen atoms in total. The van der Waals surface area contributed by atoms with Gasteiger partial charge < -0.3 is 20.1 Å². The molecule has 3 aliphatic carbocycles. The van der Waals surface area contributed by atoms with Crippen molar-refractivity contribution in [3.63, 3.8) is 0 Å². The van der Waals surface area contributed by atoms with Crippen LogP contribution in [0.3, 0.4) is 0 Å². The number of rotatable bonds is 9. The molecule has 5 rings (SSSR count). The molecule has 2 aromatic rings. The summed E-state index contributed by atoms with van der Waals surface area (Å²) in [6, 6.07) is 13.0. The van der Waals surface area contributed by atoms with Gasteiger partial charge in [0.2, 0.25) is 5.91 Å². The highest BCUT2D eigenvalue weighted by Crippen LogP contribution is 2.60. The maximum atomic E-state index is 13.4. The molecule has 0 unspecified atom stereocenters. The first kappa shape index (κ1) is 22.1. The third-order valence-electron chi connectivity index (χ3n) is 5.69. The van der Waals surface area contributed by atoms with Gasteiger partial charge in [0.25, 0.3) is 5.91 Å². The van der Waals surface area contributed by atoms with Gasteiger partial charge in [0.1, 0.15) is 18.2 Å². The Morgan fingerprint density at radius 3 is 2.25 bits per heavy atom. The van der Waals surface area contributed by atoms with Crippen molar-refractivity contribution < 1.29 is 23.5 Å². The Bertz CT molecular complexity index is 1060. The van der Waals surface area contributed by atoms with E-state index in [2.05, 4.69) is 10.6 Å². The first-order valence-corrected chi connectivity index (χ1v) is 10.4. The Hall–Kier alpha value is -3.15. The number of ether oxygens (including phenoxy) is 2. The highest BCUT2D eigenvalue weighted by atomic mass is 35.5. The molecule has 0 radical (unpaired) electrons. The van der Waals surface area contributed by atoms with Gasteiger partial charge in [-0.15, -0.1) is 0 Å². The monoisotopic (exact) mass is 457 g/mol. The largest absolute Gasteiger partial charge is 0.484 e. The van der Waals surface area contributed by atoms with E-state index in [0.717, 1.165) is 11.6 Å². The van der Waals surface area contributed by atoms with Gasteiger partial charge in [0, 0.05) is 17.1 Å². The lowest BCUT2D eigenvalue weighted by molar-refractivity contribution is -0.152. The van der Waals surface area contributed by atoms with Crippen LogP contribution in [-0.4, -0.2) is 36.1 Å². The summed E-state index contributed by atoms with van der Waals surface area (Å²) in [5.74, 6) is -0.885. The molecule has 2 amide bonds. The number of nitrogens with zero attached hydrogens (tertiary/aromatic N) is 1. The summed E-state index contributed by atoms with van der Waals surface area (Å²) in [6.07, 6.45) is 1.97. The van der Waals surface area contributed by atoms with E-state index >= 15 is 0 Å². The molecule has 0 atom stereocenters. The van der Waals surface area contributed by atoms with Crippen LogP contribution in [0.1, 0.15) is 30.4 Å². The lowest BCUT2D eigenvalue weighted by Gasteiger charge is -2.70. The summed E-state index contributed by atoms with van der Waals surface area (Å²) < 4.78 is 24.2. The molecule has 3 aliphatic rings. The molecule has 9 heteroatoms. The molecule has 0 aromatic heterocycles. The predicted octanol–water partition coefficient (Wildman–Crippen LogP) is 2.85. The number of carbonyl (C=O) groups is 2. The summed E-state index contributed by atoms with van der Waals surface area (Å²) in [7, 11) is 0. The van der Waals surface area contributed by atoms with Crippen molar-refractivity contribution in [2.75, 3.05) is 13.2 Å². The van der Waals surface area contributed by atoms with Gasteiger partial charge >= 0.3 is 0 Å². The summed E-state index contributed by atoms with van der Waals surface area (Å²) in [5.41, 5.74) is 0.846. The van der Waals surface area contributed by atoms with E-state index in [9.17, 15) is 14.0 Å². The molecule has 0 aliphatic heterocycles. The molecule has 0 spiro atoms. The Kier molecular flexibility index (Phi) is 6.04. The Labute approximate surface area is 189 Å². The van der Waals surface area contributed by atoms with Crippen molar-refractivity contribution >= 4 is 23.4 Å². The van der Waals surface area contributed by atoms with Gasteiger partial charge in [-0.2, -0.15) is 5.26 Å². The Morgan fingerprint density at radius 2 is 1.66 bits per heavy atom. The molecular weight excluding hydrogens is 437 g/mol. The van der Waals surface area contributed by atoms with Crippen LogP contribution in [0.4, 0.5) is 4.39 Å². The first-order valence-electron chi connectivity index (χ1n) is 10.1. The second kappa shape index (κ2) is 8.77. The minimum Gasteiger partial charge on any atom is -0.484 e. The van der Waals surface area contributed by atoms with Crippen LogP contribution in [0, 0.1) is 17.1 Å². The summed E-state index contributed by atoms with van der Waals surface area (Å²) >= 11 is 5.62. The molecule has 2 bridgehead atoms. The van der Waals surface area contributed by atoms with Gasteiger partial charge in [-0.3, -0.25) is 9.59 Å². The van der Waals surface area contributed by atoms with Crippen LogP contribution in [-0.2, 0) is 20.9 Å². The van der Waals surface area contributed by atoms with E-state index in [1.54, 1.807) is 24.3 Å². The average Bonchev–Trinajstić information content (AvgIpc) is 2.72. The Morgan fingerprint density at radius 1 is 1.03 bits per heavy atom. The van der Waals surface area contributed by atoms with Gasteiger partial charge in [-0.05, 0) is 49.1 Å². The molecule has 2 N–H and O–H groups in total. The van der Waals surface area contributed by atoms with E-state index in [1.165, 1.54) is 12.1 Å². The number of benzene rings is 2. The standard InChI is InChI=1S/C23H21ClFN3O4/c24-18-6-5-17(7-19(18)25)32-11-21(30)28-23-12-22(13-23,14-23)27-20(29)10-31-9-16-3-1-15(8-26)2-4-16/h1-7H,9-14H2,(H,27,29)(H,28,30). The molecule has 32 heavy (non-hydrogen) atoms. The fourth-order valence-electron chi connectivity index (χ4n) is 4.37. The van der Waals surface area contributed by atoms with Gasteiger partial charge in [0.15, 0.2) is 6.61 Å². The van der Waals surface area contributed by atoms with Crippen molar-refractivity contribution in [1.29, 1.82) is 5.26 Å². The second-order valence-corrected chi connectivity index (χ2v) is 8.76. The smallest absolute Gasteiger partial charge is 0.258 e. The SMILES string of the molecule is N#Cc1ccc(COCC(=O)NC23CC(NC(=O)COc4ccc(Cl)c(F)c4)(C2)C3)cc1. The lowest BCUT2D eigenvalue weighted by atomic mass is 9.44. The molecule has 0 heterocycles. The molecule has 3 fully saturated rings. The topological polar surface area (TPSA) is 100 Å². The Balaban J connectivity index is 1.13. The van der Waals surface area contributed by atoms with Crippen molar-refractivity contribution in [1.82, 2.24) is 10.6 Å². The van der Waals surface area contributed by atoms with Crippen LogP contribution in [0.5, 0.6) is 5.75 Å². The number of halogens is 2. The summed E-state index contributed by atoms with van der Waals surface area (Å²) in [4.78, 5) is 24.3. The van der Waals surface area contributed by atoms with Crippen LogP contribution < -0.4 is 15.4 Å². The van der Waals surface area contributed by atoms with Crippen molar-refractivity contribution in [3.8, 4) is 11.8 Å². The third-order valence-corrected chi connectivity index (χ3v) is 5.99. The van der Waals surface area contributed by atoms with Gasteiger partial charge in [-0.25, -0.2) is 4.39 Å².